The molecule has 17 heavy (non-hydrogen) atoms. The van der Waals surface area contributed by atoms with E-state index in [2.05, 4.69) is 30.2 Å². The minimum Gasteiger partial charge on any atom is -0.497 e. The average Bonchev–Trinajstić information content (AvgIpc) is 2.36. The summed E-state index contributed by atoms with van der Waals surface area (Å²) in [6.45, 7) is 4.39. The van der Waals surface area contributed by atoms with Crippen molar-refractivity contribution in [2.75, 3.05) is 19.5 Å². The van der Waals surface area contributed by atoms with Crippen molar-refractivity contribution in [2.45, 2.75) is 19.8 Å². The summed E-state index contributed by atoms with van der Waals surface area (Å²) in [7, 11) is 3.60. The summed E-state index contributed by atoms with van der Waals surface area (Å²) in [5, 5.41) is 4.39. The summed E-state index contributed by atoms with van der Waals surface area (Å²) in [5.41, 5.74) is 3.38. The lowest BCUT2D eigenvalue weighted by Gasteiger charge is -2.15. The summed E-state index contributed by atoms with van der Waals surface area (Å²) in [5.74, 6) is 1.30. The molecular formula is C14H18N2O. The SMILES string of the molecule is CNc1cnc2cc(OC)ccc2c1C(C)C. The molecule has 3 nitrogen and oxygen atoms in total. The van der Waals surface area contributed by atoms with Gasteiger partial charge in [-0.3, -0.25) is 4.98 Å². The number of benzene rings is 1. The molecule has 2 aromatic rings. The van der Waals surface area contributed by atoms with E-state index in [4.69, 9.17) is 4.74 Å². The molecule has 0 amide bonds. The lowest BCUT2D eigenvalue weighted by atomic mass is 9.97. The second kappa shape index (κ2) is 4.62. The van der Waals surface area contributed by atoms with Gasteiger partial charge in [0.15, 0.2) is 0 Å². The van der Waals surface area contributed by atoms with E-state index in [0.29, 0.717) is 5.92 Å². The molecule has 0 bridgehead atoms. The number of hydrogen-bond donors (Lipinski definition) is 1. The fourth-order valence-corrected chi connectivity index (χ4v) is 2.14. The standard InChI is InChI=1S/C14H18N2O/c1-9(2)14-11-6-5-10(17-4)7-12(11)16-8-13(14)15-3/h5-9,15H,1-4H3. The molecule has 0 aliphatic carbocycles. The van der Waals surface area contributed by atoms with E-state index in [0.717, 1.165) is 17.0 Å². The fourth-order valence-electron chi connectivity index (χ4n) is 2.14. The molecule has 0 fully saturated rings. The van der Waals surface area contributed by atoms with Crippen molar-refractivity contribution in [3.63, 3.8) is 0 Å². The molecule has 0 spiro atoms. The maximum Gasteiger partial charge on any atom is 0.121 e. The van der Waals surface area contributed by atoms with Gasteiger partial charge in [-0.2, -0.15) is 0 Å². The highest BCUT2D eigenvalue weighted by atomic mass is 16.5. The highest BCUT2D eigenvalue weighted by Gasteiger charge is 2.11. The Balaban J connectivity index is 2.72. The molecular weight excluding hydrogens is 212 g/mol. The van der Waals surface area contributed by atoms with Crippen molar-refractivity contribution in [1.29, 1.82) is 0 Å². The molecule has 1 aromatic heterocycles. The zero-order valence-corrected chi connectivity index (χ0v) is 10.7. The quantitative estimate of drug-likeness (QED) is 0.877. The van der Waals surface area contributed by atoms with Gasteiger partial charge in [0, 0.05) is 18.5 Å². The topological polar surface area (TPSA) is 34.2 Å². The first-order chi connectivity index (χ1) is 8.17. The molecule has 2 rings (SSSR count). The van der Waals surface area contributed by atoms with Crippen LogP contribution in [0.3, 0.4) is 0 Å². The first-order valence-corrected chi connectivity index (χ1v) is 5.81. The summed E-state index contributed by atoms with van der Waals surface area (Å²) in [6.07, 6.45) is 1.89. The van der Waals surface area contributed by atoms with Crippen LogP contribution in [-0.4, -0.2) is 19.1 Å². The van der Waals surface area contributed by atoms with Crippen LogP contribution in [0.15, 0.2) is 24.4 Å². The minimum atomic E-state index is 0.455. The molecule has 0 aliphatic rings. The van der Waals surface area contributed by atoms with Gasteiger partial charge in [-0.05, 0) is 23.6 Å². The second-order valence-corrected chi connectivity index (χ2v) is 4.37. The van der Waals surface area contributed by atoms with E-state index < -0.39 is 0 Å². The third-order valence-electron chi connectivity index (χ3n) is 2.96. The van der Waals surface area contributed by atoms with Gasteiger partial charge in [0.25, 0.3) is 0 Å². The van der Waals surface area contributed by atoms with Gasteiger partial charge >= 0.3 is 0 Å². The molecule has 0 saturated heterocycles. The Morgan fingerprint density at radius 2 is 2.06 bits per heavy atom. The van der Waals surface area contributed by atoms with Gasteiger partial charge in [0.05, 0.1) is 24.5 Å². The van der Waals surface area contributed by atoms with Crippen molar-refractivity contribution < 1.29 is 4.74 Å². The maximum absolute atomic E-state index is 5.22. The number of nitrogens with zero attached hydrogens (tertiary/aromatic N) is 1. The van der Waals surface area contributed by atoms with Gasteiger partial charge in [-0.1, -0.05) is 13.8 Å². The average molecular weight is 230 g/mol. The van der Waals surface area contributed by atoms with Gasteiger partial charge in [0.2, 0.25) is 0 Å². The van der Waals surface area contributed by atoms with Crippen LogP contribution in [0.1, 0.15) is 25.3 Å². The summed E-state index contributed by atoms with van der Waals surface area (Å²) < 4.78 is 5.22. The highest BCUT2D eigenvalue weighted by Crippen LogP contribution is 2.32. The first-order valence-electron chi connectivity index (χ1n) is 5.81. The van der Waals surface area contributed by atoms with E-state index in [1.54, 1.807) is 7.11 Å². The molecule has 0 saturated carbocycles. The normalized spacial score (nSPS) is 10.9. The van der Waals surface area contributed by atoms with E-state index in [1.807, 2.05) is 25.4 Å². The van der Waals surface area contributed by atoms with E-state index in [1.165, 1.54) is 10.9 Å². The number of anilines is 1. The number of methoxy groups -OCH3 is 1. The summed E-state index contributed by atoms with van der Waals surface area (Å²) >= 11 is 0. The Bertz CT molecular complexity index is 535. The Morgan fingerprint density at radius 3 is 2.65 bits per heavy atom. The lowest BCUT2D eigenvalue weighted by molar-refractivity contribution is 0.415. The van der Waals surface area contributed by atoms with Crippen LogP contribution < -0.4 is 10.1 Å². The molecule has 0 unspecified atom stereocenters. The predicted molar refractivity (Wildman–Crippen MR) is 71.9 cm³/mol. The van der Waals surface area contributed by atoms with Crippen molar-refractivity contribution in [1.82, 2.24) is 4.98 Å². The largest absolute Gasteiger partial charge is 0.497 e. The van der Waals surface area contributed by atoms with Crippen LogP contribution in [0, 0.1) is 0 Å². The van der Waals surface area contributed by atoms with Gasteiger partial charge in [0.1, 0.15) is 5.75 Å². The van der Waals surface area contributed by atoms with Crippen molar-refractivity contribution in [3.8, 4) is 5.75 Å². The molecule has 3 heteroatoms. The Kier molecular flexibility index (Phi) is 3.18. The third kappa shape index (κ3) is 2.05. The molecule has 0 radical (unpaired) electrons. The monoisotopic (exact) mass is 230 g/mol. The smallest absolute Gasteiger partial charge is 0.121 e. The molecule has 0 atom stereocenters. The number of hydrogen-bond acceptors (Lipinski definition) is 3. The van der Waals surface area contributed by atoms with Crippen molar-refractivity contribution in [3.05, 3.63) is 30.0 Å². The second-order valence-electron chi connectivity index (χ2n) is 4.37. The third-order valence-corrected chi connectivity index (χ3v) is 2.96. The number of nitrogens with one attached hydrogen (secondary N) is 1. The zero-order valence-electron chi connectivity index (χ0n) is 10.7. The molecule has 1 aromatic carbocycles. The zero-order chi connectivity index (χ0) is 12.4. The molecule has 1 heterocycles. The Morgan fingerprint density at radius 1 is 1.29 bits per heavy atom. The number of pyridine rings is 1. The van der Waals surface area contributed by atoms with Crippen LogP contribution in [0.4, 0.5) is 5.69 Å². The number of aromatic nitrogens is 1. The van der Waals surface area contributed by atoms with Gasteiger partial charge in [-0.15, -0.1) is 0 Å². The van der Waals surface area contributed by atoms with Gasteiger partial charge in [-0.25, -0.2) is 0 Å². The Hall–Kier alpha value is -1.77. The first kappa shape index (κ1) is 11.7. The highest BCUT2D eigenvalue weighted by molar-refractivity contribution is 5.88. The summed E-state index contributed by atoms with van der Waals surface area (Å²) in [4.78, 5) is 4.46. The van der Waals surface area contributed by atoms with E-state index >= 15 is 0 Å². The van der Waals surface area contributed by atoms with Crippen LogP contribution in [-0.2, 0) is 0 Å². The lowest BCUT2D eigenvalue weighted by Crippen LogP contribution is -2.00. The Labute approximate surface area is 102 Å². The van der Waals surface area contributed by atoms with Gasteiger partial charge < -0.3 is 10.1 Å². The number of fused-ring (bicyclic) bond motifs is 1. The van der Waals surface area contributed by atoms with Crippen LogP contribution >= 0.6 is 0 Å². The van der Waals surface area contributed by atoms with Crippen molar-refractivity contribution >= 4 is 16.6 Å². The van der Waals surface area contributed by atoms with Crippen LogP contribution in [0.5, 0.6) is 5.75 Å². The molecule has 0 aliphatic heterocycles. The van der Waals surface area contributed by atoms with Crippen molar-refractivity contribution in [2.24, 2.45) is 0 Å². The van der Waals surface area contributed by atoms with E-state index in [9.17, 15) is 0 Å². The van der Waals surface area contributed by atoms with Crippen LogP contribution in [0.25, 0.3) is 10.9 Å². The van der Waals surface area contributed by atoms with Crippen LogP contribution in [0.2, 0.25) is 0 Å². The minimum absolute atomic E-state index is 0.455. The van der Waals surface area contributed by atoms with E-state index in [-0.39, 0.29) is 0 Å². The molecule has 1 N–H and O–H groups in total. The predicted octanol–water partition coefficient (Wildman–Crippen LogP) is 3.41. The number of ether oxygens (including phenoxy) is 1. The fraction of sp³-hybridized carbons (Fsp3) is 0.357. The maximum atomic E-state index is 5.22. The molecule has 90 valence electrons. The number of rotatable bonds is 3. The summed E-state index contributed by atoms with van der Waals surface area (Å²) in [6, 6.07) is 6.04.